The number of nitrogens with one attached hydrogen (secondary N) is 1. The fourth-order valence-electron chi connectivity index (χ4n) is 2.14. The van der Waals surface area contributed by atoms with Crippen LogP contribution in [0.3, 0.4) is 0 Å². The SMILES string of the molecule is CC1(C)CCN(S(=O)(=O)c2c[nH]c(CO)c2)CC1. The predicted molar refractivity (Wildman–Crippen MR) is 68.5 cm³/mol. The summed E-state index contributed by atoms with van der Waals surface area (Å²) in [6.45, 7) is 5.28. The smallest absolute Gasteiger partial charge is 0.244 e. The highest BCUT2D eigenvalue weighted by Crippen LogP contribution is 2.32. The van der Waals surface area contributed by atoms with Crippen molar-refractivity contribution in [3.63, 3.8) is 0 Å². The molecule has 1 saturated heterocycles. The molecule has 0 atom stereocenters. The van der Waals surface area contributed by atoms with Gasteiger partial charge < -0.3 is 10.1 Å². The van der Waals surface area contributed by atoms with E-state index in [1.807, 2.05) is 0 Å². The predicted octanol–water partition coefficient (Wildman–Crippen LogP) is 1.32. The molecule has 0 unspecified atom stereocenters. The van der Waals surface area contributed by atoms with E-state index < -0.39 is 10.0 Å². The average molecular weight is 272 g/mol. The van der Waals surface area contributed by atoms with Gasteiger partial charge in [0.05, 0.1) is 11.5 Å². The van der Waals surface area contributed by atoms with E-state index >= 15 is 0 Å². The van der Waals surface area contributed by atoms with Crippen molar-refractivity contribution < 1.29 is 13.5 Å². The summed E-state index contributed by atoms with van der Waals surface area (Å²) in [6, 6.07) is 1.50. The van der Waals surface area contributed by atoms with Gasteiger partial charge >= 0.3 is 0 Å². The van der Waals surface area contributed by atoms with Crippen molar-refractivity contribution in [2.45, 2.75) is 38.2 Å². The fourth-order valence-corrected chi connectivity index (χ4v) is 3.60. The van der Waals surface area contributed by atoms with E-state index in [9.17, 15) is 8.42 Å². The van der Waals surface area contributed by atoms with Crippen LogP contribution in [-0.2, 0) is 16.6 Å². The Morgan fingerprint density at radius 1 is 1.39 bits per heavy atom. The van der Waals surface area contributed by atoms with Crippen LogP contribution in [0.4, 0.5) is 0 Å². The number of aromatic amines is 1. The van der Waals surface area contributed by atoms with Crippen LogP contribution < -0.4 is 0 Å². The Bertz CT molecular complexity index is 509. The van der Waals surface area contributed by atoms with E-state index in [0.29, 0.717) is 18.8 Å². The molecule has 0 bridgehead atoms. The molecule has 0 amide bonds. The van der Waals surface area contributed by atoms with Gasteiger partial charge in [-0.25, -0.2) is 8.42 Å². The van der Waals surface area contributed by atoms with Crippen molar-refractivity contribution in [1.82, 2.24) is 9.29 Å². The summed E-state index contributed by atoms with van der Waals surface area (Å²) in [4.78, 5) is 3.00. The second-order valence-electron chi connectivity index (χ2n) is 5.59. The lowest BCUT2D eigenvalue weighted by molar-refractivity contribution is 0.196. The second kappa shape index (κ2) is 4.68. The molecule has 0 spiro atoms. The molecule has 18 heavy (non-hydrogen) atoms. The van der Waals surface area contributed by atoms with Crippen LogP contribution in [0.1, 0.15) is 32.4 Å². The van der Waals surface area contributed by atoms with Crippen molar-refractivity contribution in [2.24, 2.45) is 5.41 Å². The van der Waals surface area contributed by atoms with Crippen molar-refractivity contribution in [2.75, 3.05) is 13.1 Å². The number of nitrogens with zero attached hydrogens (tertiary/aromatic N) is 1. The molecule has 0 radical (unpaired) electrons. The van der Waals surface area contributed by atoms with Crippen molar-refractivity contribution in [3.8, 4) is 0 Å². The number of aliphatic hydroxyl groups is 1. The molecule has 6 heteroatoms. The number of sulfonamides is 1. The first-order valence-electron chi connectivity index (χ1n) is 6.13. The summed E-state index contributed by atoms with van der Waals surface area (Å²) in [5.74, 6) is 0. The molecular weight excluding hydrogens is 252 g/mol. The standard InChI is InChI=1S/C12H20N2O3S/c1-12(2)3-5-14(6-4-12)18(16,17)11-7-10(9-15)13-8-11/h7-8,13,15H,3-6,9H2,1-2H3. The molecule has 0 aliphatic carbocycles. The van der Waals surface area contributed by atoms with E-state index in [1.165, 1.54) is 16.6 Å². The number of aromatic nitrogens is 1. The Morgan fingerprint density at radius 2 is 2.00 bits per heavy atom. The Labute approximate surface area is 108 Å². The molecule has 5 nitrogen and oxygen atoms in total. The molecule has 1 aromatic heterocycles. The van der Waals surface area contributed by atoms with Crippen LogP contribution in [0.2, 0.25) is 0 Å². The Morgan fingerprint density at radius 3 is 2.50 bits per heavy atom. The summed E-state index contributed by atoms with van der Waals surface area (Å²) in [7, 11) is -3.41. The summed E-state index contributed by atoms with van der Waals surface area (Å²) >= 11 is 0. The minimum atomic E-state index is -3.41. The summed E-state index contributed by atoms with van der Waals surface area (Å²) in [6.07, 6.45) is 3.20. The van der Waals surface area contributed by atoms with Gasteiger partial charge in [0.1, 0.15) is 0 Å². The summed E-state index contributed by atoms with van der Waals surface area (Å²) in [5.41, 5.74) is 0.742. The molecule has 0 saturated carbocycles. The first-order valence-corrected chi connectivity index (χ1v) is 7.57. The zero-order valence-corrected chi connectivity index (χ0v) is 11.6. The maximum absolute atomic E-state index is 12.4. The lowest BCUT2D eigenvalue weighted by Gasteiger charge is -2.35. The van der Waals surface area contributed by atoms with Crippen LogP contribution in [0.25, 0.3) is 0 Å². The van der Waals surface area contributed by atoms with E-state index in [4.69, 9.17) is 5.11 Å². The van der Waals surface area contributed by atoms with Crippen molar-refractivity contribution in [3.05, 3.63) is 18.0 Å². The van der Waals surface area contributed by atoms with Crippen molar-refractivity contribution >= 4 is 10.0 Å². The molecule has 1 aliphatic heterocycles. The maximum atomic E-state index is 12.4. The van der Waals surface area contributed by atoms with Gasteiger partial charge in [0.2, 0.25) is 10.0 Å². The Hall–Kier alpha value is -0.850. The number of rotatable bonds is 3. The highest BCUT2D eigenvalue weighted by Gasteiger charge is 2.33. The minimum Gasteiger partial charge on any atom is -0.390 e. The quantitative estimate of drug-likeness (QED) is 0.871. The van der Waals surface area contributed by atoms with Gasteiger partial charge in [0, 0.05) is 25.0 Å². The number of hydrogen-bond acceptors (Lipinski definition) is 3. The molecule has 1 aromatic rings. The van der Waals surface area contributed by atoms with E-state index in [1.54, 1.807) is 0 Å². The average Bonchev–Trinajstić information content (AvgIpc) is 2.77. The highest BCUT2D eigenvalue weighted by molar-refractivity contribution is 7.89. The molecule has 1 aliphatic rings. The van der Waals surface area contributed by atoms with E-state index in [-0.39, 0.29) is 16.9 Å². The summed E-state index contributed by atoms with van der Waals surface area (Å²) in [5, 5.41) is 8.96. The topological polar surface area (TPSA) is 73.4 Å². The number of hydrogen-bond donors (Lipinski definition) is 2. The summed E-state index contributed by atoms with van der Waals surface area (Å²) < 4.78 is 26.2. The Kier molecular flexibility index (Phi) is 3.53. The zero-order chi connectivity index (χ0) is 13.4. The molecule has 2 heterocycles. The monoisotopic (exact) mass is 272 g/mol. The lowest BCUT2D eigenvalue weighted by Crippen LogP contribution is -2.40. The first kappa shape index (κ1) is 13.6. The van der Waals surface area contributed by atoms with Crippen molar-refractivity contribution in [1.29, 1.82) is 0 Å². The van der Waals surface area contributed by atoms with Gasteiger partial charge in [-0.05, 0) is 24.3 Å². The maximum Gasteiger partial charge on any atom is 0.244 e. The van der Waals surface area contributed by atoms with Crippen LogP contribution in [0.5, 0.6) is 0 Å². The Balaban J connectivity index is 2.17. The van der Waals surface area contributed by atoms with Crippen LogP contribution >= 0.6 is 0 Å². The minimum absolute atomic E-state index is 0.178. The van der Waals surface area contributed by atoms with Crippen LogP contribution in [0.15, 0.2) is 17.2 Å². The molecule has 2 N–H and O–H groups in total. The normalized spacial score (nSPS) is 21.1. The number of H-pyrrole nitrogens is 1. The fraction of sp³-hybridized carbons (Fsp3) is 0.667. The third kappa shape index (κ3) is 2.60. The van der Waals surface area contributed by atoms with Crippen LogP contribution in [-0.4, -0.2) is 35.9 Å². The van der Waals surface area contributed by atoms with Gasteiger partial charge in [-0.3, -0.25) is 0 Å². The second-order valence-corrected chi connectivity index (χ2v) is 7.52. The zero-order valence-electron chi connectivity index (χ0n) is 10.8. The third-order valence-electron chi connectivity index (χ3n) is 3.60. The van der Waals surface area contributed by atoms with Gasteiger partial charge in [-0.1, -0.05) is 13.8 Å². The number of aliphatic hydroxyl groups excluding tert-OH is 1. The molecular formula is C12H20N2O3S. The van der Waals surface area contributed by atoms with Crippen LogP contribution in [0, 0.1) is 5.41 Å². The largest absolute Gasteiger partial charge is 0.390 e. The first-order chi connectivity index (χ1) is 8.35. The number of piperidine rings is 1. The van der Waals surface area contributed by atoms with Gasteiger partial charge in [0.25, 0.3) is 0 Å². The molecule has 102 valence electrons. The van der Waals surface area contributed by atoms with E-state index in [2.05, 4.69) is 18.8 Å². The highest BCUT2D eigenvalue weighted by atomic mass is 32.2. The van der Waals surface area contributed by atoms with Gasteiger partial charge in [0.15, 0.2) is 0 Å². The third-order valence-corrected chi connectivity index (χ3v) is 5.48. The van der Waals surface area contributed by atoms with Gasteiger partial charge in [-0.15, -0.1) is 0 Å². The molecule has 0 aromatic carbocycles. The lowest BCUT2D eigenvalue weighted by atomic mass is 9.83. The van der Waals surface area contributed by atoms with Gasteiger partial charge in [-0.2, -0.15) is 4.31 Å². The molecule has 2 rings (SSSR count). The van der Waals surface area contributed by atoms with E-state index in [0.717, 1.165) is 12.8 Å². The molecule has 1 fully saturated rings.